The van der Waals surface area contributed by atoms with Gasteiger partial charge in [-0.05, 0) is 62.1 Å². The average molecular weight is 428 g/mol. The van der Waals surface area contributed by atoms with Crippen molar-refractivity contribution in [1.82, 2.24) is 19.9 Å². The Balaban J connectivity index is 1.32. The van der Waals surface area contributed by atoms with Gasteiger partial charge in [0.1, 0.15) is 28.9 Å². The number of rotatable bonds is 6. The number of nitrogens with one attached hydrogen (secondary N) is 2. The Morgan fingerprint density at radius 3 is 2.38 bits per heavy atom. The van der Waals surface area contributed by atoms with Crippen LogP contribution >= 0.6 is 0 Å². The van der Waals surface area contributed by atoms with E-state index in [1.807, 2.05) is 54.6 Å². The third-order valence-electron chi connectivity index (χ3n) is 5.50. The van der Waals surface area contributed by atoms with Crippen molar-refractivity contribution in [3.63, 3.8) is 0 Å². The summed E-state index contributed by atoms with van der Waals surface area (Å²) in [6.45, 7) is 0. The highest BCUT2D eigenvalue weighted by atomic mass is 16.5. The minimum atomic E-state index is -0.195. The number of benzene rings is 2. The number of anilines is 3. The van der Waals surface area contributed by atoms with Crippen molar-refractivity contribution < 1.29 is 9.84 Å². The average Bonchev–Trinajstić information content (AvgIpc) is 2.83. The van der Waals surface area contributed by atoms with Crippen LogP contribution in [-0.2, 0) is 0 Å². The second-order valence-electron chi connectivity index (χ2n) is 7.86. The number of aromatic nitrogens is 4. The van der Waals surface area contributed by atoms with Gasteiger partial charge in [-0.25, -0.2) is 19.9 Å². The molecule has 4 aromatic rings. The normalized spacial score (nSPS) is 18.3. The molecule has 8 nitrogen and oxygen atoms in total. The number of hydrogen-bond donors (Lipinski definition) is 3. The molecule has 0 unspecified atom stereocenters. The van der Waals surface area contributed by atoms with Crippen molar-refractivity contribution >= 4 is 28.5 Å². The molecule has 2 heterocycles. The summed E-state index contributed by atoms with van der Waals surface area (Å²) in [6, 6.07) is 17.6. The molecule has 0 atom stereocenters. The smallest absolute Gasteiger partial charge is 0.223 e. The number of fused-ring (bicyclic) bond motifs is 1. The molecule has 3 N–H and O–H groups in total. The first-order valence-corrected chi connectivity index (χ1v) is 10.8. The summed E-state index contributed by atoms with van der Waals surface area (Å²) in [5, 5.41) is 16.4. The Bertz CT molecular complexity index is 1180. The number of aliphatic hydroxyl groups is 1. The summed E-state index contributed by atoms with van der Waals surface area (Å²) in [6.07, 6.45) is 6.39. The van der Waals surface area contributed by atoms with Gasteiger partial charge in [0.15, 0.2) is 5.82 Å². The van der Waals surface area contributed by atoms with Gasteiger partial charge in [0, 0.05) is 11.7 Å². The van der Waals surface area contributed by atoms with E-state index in [0.29, 0.717) is 22.8 Å². The number of aliphatic hydroxyl groups excluding tert-OH is 1. The third-order valence-corrected chi connectivity index (χ3v) is 5.50. The zero-order valence-corrected chi connectivity index (χ0v) is 17.5. The van der Waals surface area contributed by atoms with E-state index in [9.17, 15) is 5.11 Å². The first-order chi connectivity index (χ1) is 15.7. The van der Waals surface area contributed by atoms with E-state index in [1.165, 1.54) is 6.33 Å². The molecule has 0 bridgehead atoms. The molecular weight excluding hydrogens is 404 g/mol. The molecule has 2 aromatic heterocycles. The van der Waals surface area contributed by atoms with E-state index in [1.54, 1.807) is 6.20 Å². The molecule has 0 radical (unpaired) electrons. The van der Waals surface area contributed by atoms with Crippen molar-refractivity contribution in [2.45, 2.75) is 37.8 Å². The lowest BCUT2D eigenvalue weighted by atomic mass is 9.93. The van der Waals surface area contributed by atoms with Gasteiger partial charge in [0.25, 0.3) is 0 Å². The van der Waals surface area contributed by atoms with Crippen molar-refractivity contribution in [3.8, 4) is 11.5 Å². The lowest BCUT2D eigenvalue weighted by molar-refractivity contribution is 0.126. The maximum atomic E-state index is 9.71. The molecular formula is C24H24N6O2. The van der Waals surface area contributed by atoms with Gasteiger partial charge in [0.05, 0.1) is 12.3 Å². The molecule has 32 heavy (non-hydrogen) atoms. The van der Waals surface area contributed by atoms with E-state index >= 15 is 0 Å². The molecule has 0 aliphatic heterocycles. The summed E-state index contributed by atoms with van der Waals surface area (Å²) in [4.78, 5) is 17.7. The second kappa shape index (κ2) is 9.15. The van der Waals surface area contributed by atoms with Crippen molar-refractivity contribution in [2.24, 2.45) is 0 Å². The van der Waals surface area contributed by atoms with Gasteiger partial charge >= 0.3 is 0 Å². The third kappa shape index (κ3) is 4.76. The molecule has 162 valence electrons. The molecule has 1 aliphatic carbocycles. The van der Waals surface area contributed by atoms with Gasteiger partial charge < -0.3 is 20.5 Å². The summed E-state index contributed by atoms with van der Waals surface area (Å²) in [7, 11) is 0. The SMILES string of the molecule is O[C@H]1CC[C@H](Nc2ncc3ncnc(Nc4ccc(Oc5ccccc5)cc4)c3n2)CC1. The highest BCUT2D eigenvalue weighted by Crippen LogP contribution is 2.27. The zero-order valence-electron chi connectivity index (χ0n) is 17.5. The Hall–Kier alpha value is -3.78. The predicted octanol–water partition coefficient (Wildman–Crippen LogP) is 4.67. The van der Waals surface area contributed by atoms with E-state index in [0.717, 1.165) is 42.9 Å². The molecule has 0 spiro atoms. The van der Waals surface area contributed by atoms with Crippen LogP contribution in [0.3, 0.4) is 0 Å². The fraction of sp³-hybridized carbons (Fsp3) is 0.250. The van der Waals surface area contributed by atoms with Gasteiger partial charge in [-0.1, -0.05) is 18.2 Å². The molecule has 2 aromatic carbocycles. The quantitative estimate of drug-likeness (QED) is 0.407. The van der Waals surface area contributed by atoms with Gasteiger partial charge in [-0.3, -0.25) is 0 Å². The van der Waals surface area contributed by atoms with Gasteiger partial charge in [-0.15, -0.1) is 0 Å². The van der Waals surface area contributed by atoms with Crippen LogP contribution in [0, 0.1) is 0 Å². The van der Waals surface area contributed by atoms with Crippen LogP contribution in [0.4, 0.5) is 17.5 Å². The lowest BCUT2D eigenvalue weighted by Gasteiger charge is -2.26. The molecule has 1 saturated carbocycles. The second-order valence-corrected chi connectivity index (χ2v) is 7.86. The van der Waals surface area contributed by atoms with E-state index in [-0.39, 0.29) is 12.1 Å². The minimum absolute atomic E-state index is 0.195. The standard InChI is InChI=1S/C24H24N6O2/c31-18-10-6-17(7-11-18)29-24-25-14-21-22(30-24)23(27-15-26-21)28-16-8-12-20(13-9-16)32-19-4-2-1-3-5-19/h1-5,8-9,12-15,17-18,31H,6-7,10-11H2,(H,25,29,30)(H,26,27,28)/t17-,18-. The Morgan fingerprint density at radius 2 is 1.59 bits per heavy atom. The Labute approximate surface area is 185 Å². The number of nitrogens with zero attached hydrogens (tertiary/aromatic N) is 4. The number of hydrogen-bond acceptors (Lipinski definition) is 8. The fourth-order valence-electron chi connectivity index (χ4n) is 3.79. The van der Waals surface area contributed by atoms with Crippen molar-refractivity contribution in [2.75, 3.05) is 10.6 Å². The highest BCUT2D eigenvalue weighted by molar-refractivity contribution is 5.87. The van der Waals surface area contributed by atoms with Crippen molar-refractivity contribution in [1.29, 1.82) is 0 Å². The van der Waals surface area contributed by atoms with Gasteiger partial charge in [0.2, 0.25) is 5.95 Å². The largest absolute Gasteiger partial charge is 0.457 e. The molecule has 1 aliphatic rings. The summed E-state index contributed by atoms with van der Waals surface area (Å²) >= 11 is 0. The molecule has 5 rings (SSSR count). The predicted molar refractivity (Wildman–Crippen MR) is 123 cm³/mol. The van der Waals surface area contributed by atoms with E-state index in [4.69, 9.17) is 4.74 Å². The highest BCUT2D eigenvalue weighted by Gasteiger charge is 2.20. The van der Waals surface area contributed by atoms with Crippen LogP contribution in [0.25, 0.3) is 11.0 Å². The van der Waals surface area contributed by atoms with Crippen LogP contribution < -0.4 is 15.4 Å². The number of para-hydroxylation sites is 1. The summed E-state index contributed by atoms with van der Waals surface area (Å²) < 4.78 is 5.85. The maximum Gasteiger partial charge on any atom is 0.223 e. The van der Waals surface area contributed by atoms with Crippen molar-refractivity contribution in [3.05, 3.63) is 67.1 Å². The summed E-state index contributed by atoms with van der Waals surface area (Å²) in [5.41, 5.74) is 2.17. The molecule has 0 saturated heterocycles. The monoisotopic (exact) mass is 428 g/mol. The van der Waals surface area contributed by atoms with E-state index < -0.39 is 0 Å². The van der Waals surface area contributed by atoms with Crippen LogP contribution in [-0.4, -0.2) is 37.2 Å². The first-order valence-electron chi connectivity index (χ1n) is 10.8. The van der Waals surface area contributed by atoms with E-state index in [2.05, 4.69) is 30.6 Å². The maximum absolute atomic E-state index is 9.71. The minimum Gasteiger partial charge on any atom is -0.457 e. The summed E-state index contributed by atoms with van der Waals surface area (Å²) in [5.74, 6) is 2.69. The molecule has 0 amide bonds. The van der Waals surface area contributed by atoms with Crippen LogP contribution in [0.2, 0.25) is 0 Å². The van der Waals surface area contributed by atoms with Crippen LogP contribution in [0.5, 0.6) is 11.5 Å². The fourth-order valence-corrected chi connectivity index (χ4v) is 3.79. The Kier molecular flexibility index (Phi) is 5.76. The topological polar surface area (TPSA) is 105 Å². The molecule has 8 heteroatoms. The van der Waals surface area contributed by atoms with Crippen LogP contribution in [0.15, 0.2) is 67.1 Å². The van der Waals surface area contributed by atoms with Crippen LogP contribution in [0.1, 0.15) is 25.7 Å². The molecule has 1 fully saturated rings. The lowest BCUT2D eigenvalue weighted by Crippen LogP contribution is -2.28. The van der Waals surface area contributed by atoms with Gasteiger partial charge in [-0.2, -0.15) is 0 Å². The number of ether oxygens (including phenoxy) is 1. The first kappa shape index (κ1) is 20.1. The Morgan fingerprint density at radius 1 is 0.844 bits per heavy atom. The zero-order chi connectivity index (χ0) is 21.8.